The van der Waals surface area contributed by atoms with Crippen molar-refractivity contribution in [3.8, 4) is 0 Å². The first-order chi connectivity index (χ1) is 13.0. The summed E-state index contributed by atoms with van der Waals surface area (Å²) in [6, 6.07) is 7.83. The molecule has 2 aromatic rings. The Kier molecular flexibility index (Phi) is 4.97. The van der Waals surface area contributed by atoms with E-state index < -0.39 is 6.04 Å². The van der Waals surface area contributed by atoms with E-state index in [2.05, 4.69) is 33.8 Å². The van der Waals surface area contributed by atoms with Crippen LogP contribution in [0.1, 0.15) is 59.8 Å². The van der Waals surface area contributed by atoms with Crippen LogP contribution in [-0.4, -0.2) is 22.8 Å². The Hall–Kier alpha value is -2.25. The number of aromatic nitrogens is 1. The van der Waals surface area contributed by atoms with Gasteiger partial charge in [0.2, 0.25) is 11.8 Å². The molecule has 0 aliphatic heterocycles. The number of thiazole rings is 1. The maximum Gasteiger partial charge on any atom is 0.242 e. The van der Waals surface area contributed by atoms with Crippen LogP contribution in [0, 0.1) is 0 Å². The quantitative estimate of drug-likeness (QED) is 0.755. The molecule has 0 saturated heterocycles. The van der Waals surface area contributed by atoms with Gasteiger partial charge >= 0.3 is 0 Å². The molecule has 2 unspecified atom stereocenters. The molecule has 2 aliphatic carbocycles. The van der Waals surface area contributed by atoms with Gasteiger partial charge in [-0.3, -0.25) is 9.59 Å². The maximum absolute atomic E-state index is 13.0. The first-order valence-electron chi connectivity index (χ1n) is 9.47. The summed E-state index contributed by atoms with van der Waals surface area (Å²) in [6.07, 6.45) is 4.72. The van der Waals surface area contributed by atoms with Gasteiger partial charge in [0.15, 0.2) is 5.13 Å². The van der Waals surface area contributed by atoms with Crippen LogP contribution in [0.2, 0.25) is 0 Å². The molecule has 4 rings (SSSR count). The van der Waals surface area contributed by atoms with E-state index in [1.807, 2.05) is 6.07 Å². The molecule has 142 valence electrons. The second kappa shape index (κ2) is 7.40. The van der Waals surface area contributed by atoms with E-state index in [-0.39, 0.29) is 23.8 Å². The van der Waals surface area contributed by atoms with Gasteiger partial charge in [0.05, 0.1) is 23.7 Å². The van der Waals surface area contributed by atoms with Gasteiger partial charge in [0.1, 0.15) is 0 Å². The predicted molar refractivity (Wildman–Crippen MR) is 106 cm³/mol. The average molecular weight is 385 g/mol. The molecule has 0 saturated carbocycles. The molecule has 0 spiro atoms. The summed E-state index contributed by atoms with van der Waals surface area (Å²) < 4.78 is 0. The molecule has 0 bridgehead atoms. The lowest BCUT2D eigenvalue weighted by Crippen LogP contribution is -2.34. The molecule has 0 radical (unpaired) electrons. The summed E-state index contributed by atoms with van der Waals surface area (Å²) in [5.74, 6) is -0.473. The second-order valence-electron chi connectivity index (χ2n) is 7.35. The molecule has 1 aromatic carbocycles. The fourth-order valence-electron chi connectivity index (χ4n) is 3.93. The maximum atomic E-state index is 13.0. The Morgan fingerprint density at radius 2 is 2.07 bits per heavy atom. The van der Waals surface area contributed by atoms with Gasteiger partial charge < -0.3 is 16.4 Å². The zero-order valence-electron chi connectivity index (χ0n) is 15.3. The van der Waals surface area contributed by atoms with Gasteiger partial charge in [-0.2, -0.15) is 0 Å². The van der Waals surface area contributed by atoms with E-state index in [0.29, 0.717) is 5.13 Å². The largest absolute Gasteiger partial charge is 0.349 e. The summed E-state index contributed by atoms with van der Waals surface area (Å²) in [5, 5.41) is 6.51. The normalized spacial score (nSPS) is 21.9. The molecule has 6 nitrogen and oxygen atoms in total. The highest BCUT2D eigenvalue weighted by Gasteiger charge is 2.34. The number of carbonyl (C=O) groups is 2. The van der Waals surface area contributed by atoms with E-state index in [1.165, 1.54) is 22.5 Å². The fraction of sp³-hybridized carbons (Fsp3) is 0.450. The lowest BCUT2D eigenvalue weighted by molar-refractivity contribution is -0.123. The predicted octanol–water partition coefficient (Wildman–Crippen LogP) is 2.65. The van der Waals surface area contributed by atoms with Crippen molar-refractivity contribution in [2.75, 3.05) is 5.32 Å². The minimum atomic E-state index is -0.589. The number of rotatable bonds is 4. The topological polar surface area (TPSA) is 97.1 Å². The number of nitrogens with one attached hydrogen (secondary N) is 2. The van der Waals surface area contributed by atoms with Crippen molar-refractivity contribution < 1.29 is 9.59 Å². The van der Waals surface area contributed by atoms with Crippen molar-refractivity contribution in [3.05, 3.63) is 46.0 Å². The summed E-state index contributed by atoms with van der Waals surface area (Å²) in [7, 11) is 0. The first kappa shape index (κ1) is 18.1. The number of benzene rings is 1. The molecular weight excluding hydrogens is 360 g/mol. The van der Waals surface area contributed by atoms with E-state index in [0.717, 1.165) is 42.7 Å². The number of hydrogen-bond donors (Lipinski definition) is 3. The summed E-state index contributed by atoms with van der Waals surface area (Å²) >= 11 is 1.44. The number of anilines is 1. The van der Waals surface area contributed by atoms with Crippen LogP contribution in [0.3, 0.4) is 0 Å². The molecule has 1 aromatic heterocycles. The Balaban J connectivity index is 1.48. The van der Waals surface area contributed by atoms with Crippen molar-refractivity contribution in [2.45, 2.75) is 57.0 Å². The third-order valence-electron chi connectivity index (χ3n) is 5.36. The van der Waals surface area contributed by atoms with Crippen molar-refractivity contribution >= 4 is 28.3 Å². The van der Waals surface area contributed by atoms with Crippen LogP contribution in [0.15, 0.2) is 24.3 Å². The monoisotopic (exact) mass is 384 g/mol. The molecule has 27 heavy (non-hydrogen) atoms. The lowest BCUT2D eigenvalue weighted by atomic mass is 9.87. The molecule has 0 fully saturated rings. The molecule has 4 N–H and O–H groups in total. The van der Waals surface area contributed by atoms with Crippen LogP contribution < -0.4 is 16.4 Å². The Bertz CT molecular complexity index is 877. The van der Waals surface area contributed by atoms with Gasteiger partial charge in [-0.25, -0.2) is 4.98 Å². The highest BCUT2D eigenvalue weighted by molar-refractivity contribution is 7.16. The Morgan fingerprint density at radius 1 is 1.26 bits per heavy atom. The van der Waals surface area contributed by atoms with E-state index in [1.54, 1.807) is 6.92 Å². The molecule has 3 atom stereocenters. The van der Waals surface area contributed by atoms with Crippen LogP contribution in [-0.2, 0) is 22.4 Å². The number of amides is 2. The van der Waals surface area contributed by atoms with Gasteiger partial charge in [-0.05, 0) is 50.2 Å². The average Bonchev–Trinajstić information content (AvgIpc) is 3.22. The summed E-state index contributed by atoms with van der Waals surface area (Å²) in [6.45, 7) is 1.63. The second-order valence-corrected chi connectivity index (χ2v) is 8.43. The molecular formula is C20H24N4O2S. The number of fused-ring (bicyclic) bond motifs is 2. The van der Waals surface area contributed by atoms with E-state index in [9.17, 15) is 9.59 Å². The molecule has 7 heteroatoms. The van der Waals surface area contributed by atoms with Gasteiger partial charge in [-0.15, -0.1) is 11.3 Å². The fourth-order valence-corrected chi connectivity index (χ4v) is 4.97. The van der Waals surface area contributed by atoms with Crippen LogP contribution >= 0.6 is 11.3 Å². The first-order valence-corrected chi connectivity index (χ1v) is 10.3. The zero-order chi connectivity index (χ0) is 19.0. The number of hydrogen-bond acceptors (Lipinski definition) is 5. The van der Waals surface area contributed by atoms with Crippen LogP contribution in [0.5, 0.6) is 0 Å². The third kappa shape index (κ3) is 3.61. The van der Waals surface area contributed by atoms with Gasteiger partial charge in [-0.1, -0.05) is 24.3 Å². The Morgan fingerprint density at radius 3 is 2.89 bits per heavy atom. The van der Waals surface area contributed by atoms with Crippen molar-refractivity contribution in [2.24, 2.45) is 5.73 Å². The minimum Gasteiger partial charge on any atom is -0.349 e. The minimum absolute atomic E-state index is 0.0332. The number of nitrogens with zero attached hydrogens (tertiary/aromatic N) is 1. The molecule has 1 heterocycles. The third-order valence-corrected chi connectivity index (χ3v) is 6.41. The van der Waals surface area contributed by atoms with Crippen LogP contribution in [0.4, 0.5) is 5.13 Å². The Labute approximate surface area is 162 Å². The number of nitrogens with two attached hydrogens (primary N) is 1. The van der Waals surface area contributed by atoms with Crippen LogP contribution in [0.25, 0.3) is 0 Å². The van der Waals surface area contributed by atoms with E-state index in [4.69, 9.17) is 5.73 Å². The zero-order valence-corrected chi connectivity index (χ0v) is 16.1. The summed E-state index contributed by atoms with van der Waals surface area (Å²) in [4.78, 5) is 30.4. The highest BCUT2D eigenvalue weighted by atomic mass is 32.1. The highest BCUT2D eigenvalue weighted by Crippen LogP contribution is 2.39. The number of carbonyl (C=O) groups excluding carboxylic acids is 2. The van der Waals surface area contributed by atoms with Gasteiger partial charge in [0.25, 0.3) is 0 Å². The molecule has 2 amide bonds. The number of aryl methyl sites for hydroxylation is 2. The SMILES string of the molecule is C[C@H](N)C(=O)Nc1nc2c(s1)CCC2C(=O)NC1CCCc2ccccc21. The molecule has 2 aliphatic rings. The van der Waals surface area contributed by atoms with Crippen molar-refractivity contribution in [3.63, 3.8) is 0 Å². The van der Waals surface area contributed by atoms with Crippen molar-refractivity contribution in [1.82, 2.24) is 10.3 Å². The standard InChI is InChI=1S/C20H24N4O2S/c1-11(21)18(25)24-20-23-17-14(9-10-16(17)27-20)19(26)22-15-8-4-6-12-5-2-3-7-13(12)15/h2-3,5,7,11,14-15H,4,6,8-10,21H2,1H3,(H,22,26)(H,23,24,25)/t11-,14?,15?/m0/s1. The van der Waals surface area contributed by atoms with E-state index >= 15 is 0 Å². The van der Waals surface area contributed by atoms with Gasteiger partial charge in [0, 0.05) is 4.88 Å². The summed E-state index contributed by atoms with van der Waals surface area (Å²) in [5.41, 5.74) is 8.97. The smallest absolute Gasteiger partial charge is 0.242 e. The lowest BCUT2D eigenvalue weighted by Gasteiger charge is -2.27. The van der Waals surface area contributed by atoms with Crippen molar-refractivity contribution in [1.29, 1.82) is 0 Å².